The van der Waals surface area contributed by atoms with Crippen molar-refractivity contribution >= 4 is 18.1 Å². The lowest BCUT2D eigenvalue weighted by Gasteiger charge is -2.35. The highest BCUT2D eigenvalue weighted by atomic mass is 16.5. The molecule has 1 fully saturated rings. The number of aliphatic imine (C=N–C) groups is 2. The lowest BCUT2D eigenvalue weighted by Crippen LogP contribution is -2.54. The average Bonchev–Trinajstić information content (AvgIpc) is 3.11. The molecule has 0 radical (unpaired) electrons. The monoisotopic (exact) mass is 306 g/mol. The van der Waals surface area contributed by atoms with Gasteiger partial charge < -0.3 is 15.2 Å². The normalized spacial score (nSPS) is 31.5. The van der Waals surface area contributed by atoms with Crippen LogP contribution in [0.3, 0.4) is 0 Å². The Morgan fingerprint density at radius 2 is 2.23 bits per heavy atom. The second kappa shape index (κ2) is 5.17. The van der Waals surface area contributed by atoms with E-state index >= 15 is 0 Å². The van der Waals surface area contributed by atoms with Crippen molar-refractivity contribution in [3.63, 3.8) is 0 Å². The summed E-state index contributed by atoms with van der Waals surface area (Å²) in [6, 6.07) is 0. The molecule has 2 atom stereocenters. The fourth-order valence-corrected chi connectivity index (χ4v) is 2.99. The summed E-state index contributed by atoms with van der Waals surface area (Å²) in [5.41, 5.74) is -0.140. The number of aliphatic hydroxyl groups is 1. The molecule has 1 aliphatic carbocycles. The van der Waals surface area contributed by atoms with Gasteiger partial charge in [0.2, 0.25) is 5.90 Å². The molecule has 120 valence electrons. The minimum atomic E-state index is -0.732. The Kier molecular flexibility index (Phi) is 3.57. The van der Waals surface area contributed by atoms with Crippen LogP contribution in [-0.4, -0.2) is 48.1 Å². The first-order chi connectivity index (χ1) is 10.4. The van der Waals surface area contributed by atoms with E-state index < -0.39 is 5.41 Å². The second-order valence-electron chi connectivity index (χ2n) is 6.52. The summed E-state index contributed by atoms with van der Waals surface area (Å²) in [5, 5.41) is 15.1. The quantitative estimate of drug-likeness (QED) is 0.681. The second-order valence-corrected chi connectivity index (χ2v) is 6.52. The third-order valence-electron chi connectivity index (χ3n) is 4.61. The SMILES string of the molecule is CC1=C(C(=O)NCCO)C2(C)C(=NC=NC2NC2(C)CC2)O1. The van der Waals surface area contributed by atoms with Crippen LogP contribution < -0.4 is 10.6 Å². The number of fused-ring (bicyclic) bond motifs is 1. The van der Waals surface area contributed by atoms with Crippen molar-refractivity contribution in [1.29, 1.82) is 0 Å². The molecular formula is C15H22N4O3. The number of allylic oxidation sites excluding steroid dienone is 1. The van der Waals surface area contributed by atoms with Crippen molar-refractivity contribution < 1.29 is 14.6 Å². The minimum Gasteiger partial charge on any atom is -0.446 e. The van der Waals surface area contributed by atoms with Gasteiger partial charge in [-0.2, -0.15) is 0 Å². The summed E-state index contributed by atoms with van der Waals surface area (Å²) in [6.45, 7) is 5.94. The lowest BCUT2D eigenvalue weighted by atomic mass is 9.78. The molecule has 2 aliphatic heterocycles. The molecule has 0 aromatic carbocycles. The van der Waals surface area contributed by atoms with Gasteiger partial charge in [-0.15, -0.1) is 0 Å². The van der Waals surface area contributed by atoms with Gasteiger partial charge >= 0.3 is 0 Å². The molecule has 3 aliphatic rings. The Bertz CT molecular complexity index is 592. The third kappa shape index (κ3) is 2.34. The Morgan fingerprint density at radius 1 is 1.50 bits per heavy atom. The van der Waals surface area contributed by atoms with E-state index in [1.807, 2.05) is 6.92 Å². The fourth-order valence-electron chi connectivity index (χ4n) is 2.99. The van der Waals surface area contributed by atoms with Gasteiger partial charge in [0.05, 0.1) is 12.2 Å². The van der Waals surface area contributed by atoms with E-state index in [0.717, 1.165) is 12.8 Å². The van der Waals surface area contributed by atoms with E-state index in [-0.39, 0.29) is 30.8 Å². The number of hydrogen-bond acceptors (Lipinski definition) is 6. The van der Waals surface area contributed by atoms with Gasteiger partial charge in [0, 0.05) is 12.1 Å². The number of ether oxygens (including phenoxy) is 1. The molecule has 7 heteroatoms. The molecule has 0 bridgehead atoms. The molecule has 22 heavy (non-hydrogen) atoms. The molecule has 0 spiro atoms. The number of aliphatic hydroxyl groups excluding tert-OH is 1. The van der Waals surface area contributed by atoms with Crippen LogP contribution in [0.5, 0.6) is 0 Å². The molecule has 1 amide bonds. The zero-order chi connectivity index (χ0) is 16.0. The maximum atomic E-state index is 12.5. The molecule has 3 N–H and O–H groups in total. The zero-order valence-corrected chi connectivity index (χ0v) is 13.1. The molecule has 2 heterocycles. The van der Waals surface area contributed by atoms with Crippen LogP contribution in [0.4, 0.5) is 0 Å². The number of carbonyl (C=O) groups excluding carboxylic acids is 1. The maximum Gasteiger partial charge on any atom is 0.251 e. The number of nitrogens with one attached hydrogen (secondary N) is 2. The molecular weight excluding hydrogens is 284 g/mol. The highest BCUT2D eigenvalue weighted by Gasteiger charge is 2.56. The predicted octanol–water partition coefficient (Wildman–Crippen LogP) is 0.314. The minimum absolute atomic E-state index is 0.0661. The van der Waals surface area contributed by atoms with Gasteiger partial charge in [0.1, 0.15) is 23.7 Å². The number of amides is 1. The van der Waals surface area contributed by atoms with Crippen molar-refractivity contribution in [2.24, 2.45) is 15.4 Å². The van der Waals surface area contributed by atoms with Gasteiger partial charge in [0.25, 0.3) is 5.91 Å². The van der Waals surface area contributed by atoms with Gasteiger partial charge in [-0.1, -0.05) is 0 Å². The van der Waals surface area contributed by atoms with Gasteiger partial charge in [-0.05, 0) is 33.6 Å². The van der Waals surface area contributed by atoms with E-state index in [9.17, 15) is 4.79 Å². The summed E-state index contributed by atoms with van der Waals surface area (Å²) in [6.07, 6.45) is 3.39. The largest absolute Gasteiger partial charge is 0.446 e. The predicted molar refractivity (Wildman–Crippen MR) is 82.5 cm³/mol. The smallest absolute Gasteiger partial charge is 0.251 e. The number of rotatable bonds is 5. The fraction of sp³-hybridized carbons (Fsp3) is 0.667. The van der Waals surface area contributed by atoms with E-state index in [2.05, 4.69) is 27.5 Å². The van der Waals surface area contributed by atoms with Crippen molar-refractivity contribution in [2.45, 2.75) is 45.3 Å². The standard InChI is InChI=1S/C15H22N4O3/c1-9-10(11(21)16-6-7-20)15(3)12(19-14(2)4-5-14)17-8-18-13(15)22-9/h8,12,19-20H,4-7H2,1-3H3,(H,16,21). The van der Waals surface area contributed by atoms with Crippen LogP contribution in [0, 0.1) is 5.41 Å². The molecule has 7 nitrogen and oxygen atoms in total. The number of nitrogens with zero attached hydrogens (tertiary/aromatic N) is 2. The van der Waals surface area contributed by atoms with Crippen molar-refractivity contribution in [1.82, 2.24) is 10.6 Å². The molecule has 1 saturated carbocycles. The van der Waals surface area contributed by atoms with E-state index in [1.165, 1.54) is 6.34 Å². The molecule has 0 aromatic rings. The van der Waals surface area contributed by atoms with Crippen molar-refractivity contribution in [3.8, 4) is 0 Å². The van der Waals surface area contributed by atoms with Crippen molar-refractivity contribution in [3.05, 3.63) is 11.3 Å². The summed E-state index contributed by atoms with van der Waals surface area (Å²) < 4.78 is 5.72. The Hall–Kier alpha value is -1.73. The first kappa shape index (κ1) is 15.2. The maximum absolute atomic E-state index is 12.5. The summed E-state index contributed by atoms with van der Waals surface area (Å²) in [7, 11) is 0. The van der Waals surface area contributed by atoms with Crippen molar-refractivity contribution in [2.75, 3.05) is 13.2 Å². The van der Waals surface area contributed by atoms with E-state index in [0.29, 0.717) is 17.2 Å². The molecule has 3 rings (SSSR count). The molecule has 2 unspecified atom stereocenters. The highest BCUT2D eigenvalue weighted by Crippen LogP contribution is 2.46. The number of carbonyl (C=O) groups is 1. The lowest BCUT2D eigenvalue weighted by molar-refractivity contribution is -0.118. The van der Waals surface area contributed by atoms with Gasteiger partial charge in [-0.25, -0.2) is 4.99 Å². The Labute approximate surface area is 129 Å². The molecule has 0 saturated heterocycles. The molecule has 0 aromatic heterocycles. The van der Waals surface area contributed by atoms with Crippen LogP contribution in [0.2, 0.25) is 0 Å². The Morgan fingerprint density at radius 3 is 2.86 bits per heavy atom. The van der Waals surface area contributed by atoms with E-state index in [4.69, 9.17) is 9.84 Å². The topological polar surface area (TPSA) is 95.3 Å². The third-order valence-corrected chi connectivity index (χ3v) is 4.61. The summed E-state index contributed by atoms with van der Waals surface area (Å²) in [4.78, 5) is 21.2. The highest BCUT2D eigenvalue weighted by molar-refractivity contribution is 6.08. The van der Waals surface area contributed by atoms with Crippen LogP contribution in [0.25, 0.3) is 0 Å². The van der Waals surface area contributed by atoms with Crippen LogP contribution in [0.15, 0.2) is 21.3 Å². The first-order valence-electron chi connectivity index (χ1n) is 7.56. The van der Waals surface area contributed by atoms with Gasteiger partial charge in [0.15, 0.2) is 0 Å². The van der Waals surface area contributed by atoms with Crippen LogP contribution in [-0.2, 0) is 9.53 Å². The first-order valence-corrected chi connectivity index (χ1v) is 7.56. The summed E-state index contributed by atoms with van der Waals surface area (Å²) >= 11 is 0. The number of hydrogen-bond donors (Lipinski definition) is 3. The van der Waals surface area contributed by atoms with Crippen LogP contribution in [0.1, 0.15) is 33.6 Å². The average molecular weight is 306 g/mol. The summed E-state index contributed by atoms with van der Waals surface area (Å²) in [5.74, 6) is 0.787. The van der Waals surface area contributed by atoms with Crippen LogP contribution >= 0.6 is 0 Å². The van der Waals surface area contributed by atoms with E-state index in [1.54, 1.807) is 6.92 Å². The Balaban J connectivity index is 1.91. The zero-order valence-electron chi connectivity index (χ0n) is 13.1. The van der Waals surface area contributed by atoms with Gasteiger partial charge in [-0.3, -0.25) is 15.1 Å².